The number of hydrogen-bond acceptors (Lipinski definition) is 3. The Hall–Kier alpha value is -2.15. The molecular formula is C14H17FN2O4. The van der Waals surface area contributed by atoms with Crippen molar-refractivity contribution in [2.45, 2.75) is 32.0 Å². The van der Waals surface area contributed by atoms with E-state index in [1.54, 1.807) is 13.0 Å². The molecule has 2 atom stereocenters. The van der Waals surface area contributed by atoms with Gasteiger partial charge in [0.2, 0.25) is 0 Å². The number of benzene rings is 1. The first kappa shape index (κ1) is 15.2. The van der Waals surface area contributed by atoms with Gasteiger partial charge < -0.3 is 20.5 Å². The molecule has 2 rings (SSSR count). The fourth-order valence-corrected chi connectivity index (χ4v) is 2.15. The number of halogens is 1. The van der Waals surface area contributed by atoms with E-state index in [1.165, 1.54) is 12.1 Å². The van der Waals surface area contributed by atoms with Crippen LogP contribution in [0.25, 0.3) is 0 Å². The number of urea groups is 1. The first-order chi connectivity index (χ1) is 9.95. The number of carboxylic acid groups (broad SMARTS) is 1. The molecule has 1 heterocycles. The van der Waals surface area contributed by atoms with Gasteiger partial charge in [0.05, 0.1) is 11.8 Å². The molecule has 2 amide bonds. The van der Waals surface area contributed by atoms with Crippen molar-refractivity contribution in [1.29, 1.82) is 0 Å². The zero-order valence-corrected chi connectivity index (χ0v) is 11.6. The van der Waals surface area contributed by atoms with Gasteiger partial charge >= 0.3 is 12.0 Å². The zero-order chi connectivity index (χ0) is 15.4. The van der Waals surface area contributed by atoms with Crippen molar-refractivity contribution in [2.75, 3.05) is 11.9 Å². The summed E-state index contributed by atoms with van der Waals surface area (Å²) >= 11 is 0. The Labute approximate surface area is 121 Å². The van der Waals surface area contributed by atoms with Crippen molar-refractivity contribution in [2.24, 2.45) is 0 Å². The summed E-state index contributed by atoms with van der Waals surface area (Å²) in [5.74, 6) is -1.51. The van der Waals surface area contributed by atoms with Crippen LogP contribution in [0.3, 0.4) is 0 Å². The average Bonchev–Trinajstić information content (AvgIpc) is 2.90. The number of nitrogens with one attached hydrogen (secondary N) is 2. The number of aliphatic carboxylic acids is 1. The lowest BCUT2D eigenvalue weighted by molar-refractivity contribution is -0.149. The summed E-state index contributed by atoms with van der Waals surface area (Å²) in [5.41, 5.74) is 0.929. The van der Waals surface area contributed by atoms with Gasteiger partial charge in [-0.15, -0.1) is 0 Å². The highest BCUT2D eigenvalue weighted by atomic mass is 19.1. The Balaban J connectivity index is 1.80. The van der Waals surface area contributed by atoms with Crippen molar-refractivity contribution in [3.05, 3.63) is 29.6 Å². The third kappa shape index (κ3) is 4.16. The van der Waals surface area contributed by atoms with Crippen molar-refractivity contribution >= 4 is 17.7 Å². The Morgan fingerprint density at radius 3 is 2.86 bits per heavy atom. The molecule has 6 nitrogen and oxygen atoms in total. The fourth-order valence-electron chi connectivity index (χ4n) is 2.15. The van der Waals surface area contributed by atoms with E-state index in [1.807, 2.05) is 0 Å². The molecule has 1 fully saturated rings. The molecule has 1 aliphatic rings. The first-order valence-corrected chi connectivity index (χ1v) is 6.65. The van der Waals surface area contributed by atoms with E-state index in [9.17, 15) is 14.0 Å². The normalized spacial score (nSPS) is 21.0. The standard InChI is InChI=1S/C14H17FN2O4/c1-8-2-4-10(15)11(6-8)17-14(20)16-7-9-3-5-12(21-9)13(18)19/h2,4,6,9,12H,3,5,7H2,1H3,(H,18,19)(H2,16,17,20). The maximum absolute atomic E-state index is 13.5. The molecule has 1 aromatic rings. The maximum Gasteiger partial charge on any atom is 0.332 e. The van der Waals surface area contributed by atoms with E-state index in [0.29, 0.717) is 12.8 Å². The lowest BCUT2D eigenvalue weighted by Gasteiger charge is -2.13. The van der Waals surface area contributed by atoms with E-state index in [4.69, 9.17) is 9.84 Å². The van der Waals surface area contributed by atoms with E-state index >= 15 is 0 Å². The third-order valence-electron chi connectivity index (χ3n) is 3.24. The Morgan fingerprint density at radius 2 is 2.19 bits per heavy atom. The molecule has 7 heteroatoms. The molecule has 0 bridgehead atoms. The molecule has 0 spiro atoms. The van der Waals surface area contributed by atoms with Gasteiger partial charge in [0.1, 0.15) is 5.82 Å². The number of carbonyl (C=O) groups is 2. The molecule has 1 aliphatic heterocycles. The molecule has 0 saturated carbocycles. The molecule has 0 aliphatic carbocycles. The van der Waals surface area contributed by atoms with Crippen LogP contribution in [-0.4, -0.2) is 35.9 Å². The van der Waals surface area contributed by atoms with Gasteiger partial charge in [0.25, 0.3) is 0 Å². The zero-order valence-electron chi connectivity index (χ0n) is 11.6. The number of rotatable bonds is 4. The minimum absolute atomic E-state index is 0.100. The summed E-state index contributed by atoms with van der Waals surface area (Å²) in [6.07, 6.45) is -0.153. The highest BCUT2D eigenvalue weighted by Gasteiger charge is 2.30. The highest BCUT2D eigenvalue weighted by Crippen LogP contribution is 2.19. The van der Waals surface area contributed by atoms with E-state index < -0.39 is 23.9 Å². The van der Waals surface area contributed by atoms with Crippen molar-refractivity contribution in [3.63, 3.8) is 0 Å². The minimum Gasteiger partial charge on any atom is -0.479 e. The topological polar surface area (TPSA) is 87.7 Å². The minimum atomic E-state index is -0.996. The van der Waals surface area contributed by atoms with Crippen LogP contribution in [0.5, 0.6) is 0 Å². The number of aryl methyl sites for hydroxylation is 1. The number of carbonyl (C=O) groups excluding carboxylic acids is 1. The van der Waals surface area contributed by atoms with Crippen LogP contribution in [0.4, 0.5) is 14.9 Å². The van der Waals surface area contributed by atoms with Crippen molar-refractivity contribution in [1.82, 2.24) is 5.32 Å². The van der Waals surface area contributed by atoms with Crippen molar-refractivity contribution in [3.8, 4) is 0 Å². The largest absolute Gasteiger partial charge is 0.479 e. The summed E-state index contributed by atoms with van der Waals surface area (Å²) in [6, 6.07) is 3.86. The van der Waals surface area contributed by atoms with Gasteiger partial charge in [0, 0.05) is 6.54 Å². The average molecular weight is 296 g/mol. The summed E-state index contributed by atoms with van der Waals surface area (Å²) in [5, 5.41) is 13.8. The van der Waals surface area contributed by atoms with Crippen LogP contribution in [0, 0.1) is 12.7 Å². The van der Waals surface area contributed by atoms with Gasteiger partial charge in [-0.3, -0.25) is 0 Å². The van der Waals surface area contributed by atoms with E-state index in [0.717, 1.165) is 5.56 Å². The summed E-state index contributed by atoms with van der Waals surface area (Å²) in [7, 11) is 0. The lowest BCUT2D eigenvalue weighted by atomic mass is 10.2. The predicted octanol–water partition coefficient (Wildman–Crippen LogP) is 1.89. The van der Waals surface area contributed by atoms with E-state index in [-0.39, 0.29) is 18.3 Å². The maximum atomic E-state index is 13.5. The van der Waals surface area contributed by atoms with Crippen LogP contribution in [0.15, 0.2) is 18.2 Å². The molecule has 114 valence electrons. The van der Waals surface area contributed by atoms with Gasteiger partial charge in [-0.1, -0.05) is 6.07 Å². The van der Waals surface area contributed by atoms with Gasteiger partial charge in [-0.25, -0.2) is 14.0 Å². The van der Waals surface area contributed by atoms with Crippen LogP contribution >= 0.6 is 0 Å². The molecular weight excluding hydrogens is 279 g/mol. The summed E-state index contributed by atoms with van der Waals surface area (Å²) in [6.45, 7) is 1.98. The Kier molecular flexibility index (Phi) is 4.74. The second kappa shape index (κ2) is 6.53. The smallest absolute Gasteiger partial charge is 0.332 e. The molecule has 0 radical (unpaired) electrons. The number of hydrogen-bond donors (Lipinski definition) is 3. The van der Waals surface area contributed by atoms with Gasteiger partial charge in [-0.2, -0.15) is 0 Å². The van der Waals surface area contributed by atoms with Crippen molar-refractivity contribution < 1.29 is 23.8 Å². The number of carboxylic acids is 1. The fraction of sp³-hybridized carbons (Fsp3) is 0.429. The Bertz CT molecular complexity index is 550. The summed E-state index contributed by atoms with van der Waals surface area (Å²) in [4.78, 5) is 22.4. The van der Waals surface area contributed by atoms with Crippen LogP contribution < -0.4 is 10.6 Å². The molecule has 3 N–H and O–H groups in total. The van der Waals surface area contributed by atoms with Gasteiger partial charge in [-0.05, 0) is 37.5 Å². The second-order valence-corrected chi connectivity index (χ2v) is 4.98. The molecule has 21 heavy (non-hydrogen) atoms. The number of amides is 2. The second-order valence-electron chi connectivity index (χ2n) is 4.98. The molecule has 1 aromatic carbocycles. The monoisotopic (exact) mass is 296 g/mol. The van der Waals surface area contributed by atoms with Gasteiger partial charge in [0.15, 0.2) is 6.10 Å². The van der Waals surface area contributed by atoms with Crippen LogP contribution in [0.1, 0.15) is 18.4 Å². The Morgan fingerprint density at radius 1 is 1.43 bits per heavy atom. The number of anilines is 1. The third-order valence-corrected chi connectivity index (χ3v) is 3.24. The van der Waals surface area contributed by atoms with Crippen LogP contribution in [-0.2, 0) is 9.53 Å². The summed E-state index contributed by atoms with van der Waals surface area (Å²) < 4.78 is 18.7. The lowest BCUT2D eigenvalue weighted by Crippen LogP contribution is -2.36. The SMILES string of the molecule is Cc1ccc(F)c(NC(=O)NCC2CCC(C(=O)O)O2)c1. The predicted molar refractivity (Wildman–Crippen MR) is 73.7 cm³/mol. The quantitative estimate of drug-likeness (QED) is 0.791. The molecule has 1 saturated heterocycles. The highest BCUT2D eigenvalue weighted by molar-refractivity contribution is 5.89. The van der Waals surface area contributed by atoms with Crippen LogP contribution in [0.2, 0.25) is 0 Å². The molecule has 0 aromatic heterocycles. The van der Waals surface area contributed by atoms with E-state index in [2.05, 4.69) is 10.6 Å². The number of ether oxygens (including phenoxy) is 1. The molecule has 2 unspecified atom stereocenters. The first-order valence-electron chi connectivity index (χ1n) is 6.65.